The number of nitrogens with one attached hydrogen (secondary N) is 3. The zero-order valence-electron chi connectivity index (χ0n) is 22.0. The minimum atomic E-state index is 0.0666. The quantitative estimate of drug-likeness (QED) is 0.213. The molecule has 7 rings (SSSR count). The highest BCUT2D eigenvalue weighted by Gasteiger charge is 2.18. The van der Waals surface area contributed by atoms with E-state index in [1.54, 1.807) is 18.6 Å². The van der Waals surface area contributed by atoms with Gasteiger partial charge in [-0.2, -0.15) is 5.10 Å². The second kappa shape index (κ2) is 10.4. The van der Waals surface area contributed by atoms with Crippen LogP contribution >= 0.6 is 0 Å². The Hall–Kier alpha value is -4.85. The number of aromatic nitrogens is 6. The van der Waals surface area contributed by atoms with E-state index >= 15 is 0 Å². The monoisotopic (exact) mass is 527 g/mol. The summed E-state index contributed by atoms with van der Waals surface area (Å²) in [6.07, 6.45) is 15.6. The summed E-state index contributed by atoms with van der Waals surface area (Å²) in [5, 5.41) is 12.9. The molecule has 1 aliphatic rings. The topological polar surface area (TPSA) is 112 Å². The highest BCUT2D eigenvalue weighted by molar-refractivity contribution is 6.00. The summed E-state index contributed by atoms with van der Waals surface area (Å²) in [4.78, 5) is 29.3. The van der Waals surface area contributed by atoms with Crippen LogP contribution in [0.25, 0.3) is 55.6 Å². The molecule has 1 aromatic carbocycles. The van der Waals surface area contributed by atoms with Gasteiger partial charge in [-0.05, 0) is 77.9 Å². The first kappa shape index (κ1) is 24.2. The fraction of sp³-hybridized carbons (Fsp3) is 0.219. The first-order valence-electron chi connectivity index (χ1n) is 13.8. The van der Waals surface area contributed by atoms with E-state index in [1.807, 2.05) is 48.8 Å². The largest absolute Gasteiger partial charge is 0.338 e. The smallest absolute Gasteiger partial charge is 0.224 e. The molecule has 0 spiro atoms. The van der Waals surface area contributed by atoms with Crippen molar-refractivity contribution in [2.75, 3.05) is 5.32 Å². The Bertz CT molecular complexity index is 1820. The number of benzene rings is 1. The van der Waals surface area contributed by atoms with Crippen LogP contribution < -0.4 is 5.32 Å². The van der Waals surface area contributed by atoms with Crippen molar-refractivity contribution in [3.05, 3.63) is 79.5 Å². The molecule has 1 aliphatic carbocycles. The number of pyridine rings is 3. The fourth-order valence-electron chi connectivity index (χ4n) is 5.87. The number of carbonyl (C=O) groups is 1. The van der Waals surface area contributed by atoms with E-state index in [1.165, 1.54) is 19.3 Å². The number of nitrogens with zero attached hydrogens (tertiary/aromatic N) is 4. The van der Waals surface area contributed by atoms with Gasteiger partial charge >= 0.3 is 0 Å². The number of carbonyl (C=O) groups excluding carboxylic acids is 1. The Balaban J connectivity index is 1.19. The molecule has 0 unspecified atom stereocenters. The zero-order valence-corrected chi connectivity index (χ0v) is 22.0. The molecule has 0 atom stereocenters. The molecule has 5 aromatic heterocycles. The van der Waals surface area contributed by atoms with Crippen molar-refractivity contribution in [3.8, 4) is 33.6 Å². The van der Waals surface area contributed by atoms with Gasteiger partial charge in [0.25, 0.3) is 0 Å². The molecule has 0 saturated heterocycles. The van der Waals surface area contributed by atoms with Crippen molar-refractivity contribution in [1.82, 2.24) is 30.1 Å². The van der Waals surface area contributed by atoms with Crippen LogP contribution in [0.2, 0.25) is 0 Å². The van der Waals surface area contributed by atoms with E-state index in [0.717, 1.165) is 74.1 Å². The zero-order chi connectivity index (χ0) is 26.9. The number of hydrogen-bond donors (Lipinski definition) is 3. The van der Waals surface area contributed by atoms with Crippen LogP contribution in [-0.4, -0.2) is 36.0 Å². The molecule has 0 aliphatic heterocycles. The number of aromatic amines is 2. The van der Waals surface area contributed by atoms with E-state index in [9.17, 15) is 4.79 Å². The van der Waals surface area contributed by atoms with Crippen LogP contribution in [0.4, 0.5) is 5.69 Å². The molecule has 198 valence electrons. The Labute approximate surface area is 231 Å². The van der Waals surface area contributed by atoms with E-state index in [-0.39, 0.29) is 5.91 Å². The number of rotatable bonds is 6. The minimum absolute atomic E-state index is 0.0666. The lowest BCUT2D eigenvalue weighted by atomic mass is 9.87. The standard InChI is InChI=1S/C32H29N7O/c40-30(14-20-4-2-1-3-5-20)36-24-15-23(18-34-19-24)22-6-7-28-27(16-22)31(39-38-28)29-17-26-25(10-13-35-32(26)37-29)21-8-11-33-12-9-21/h6-13,15-20H,1-5,14H2,(H,35,37)(H,36,40)(H,38,39). The number of anilines is 1. The predicted octanol–water partition coefficient (Wildman–Crippen LogP) is 7.14. The first-order chi connectivity index (χ1) is 19.7. The molecule has 6 aromatic rings. The summed E-state index contributed by atoms with van der Waals surface area (Å²) >= 11 is 0. The third-order valence-corrected chi connectivity index (χ3v) is 7.90. The highest BCUT2D eigenvalue weighted by atomic mass is 16.1. The lowest BCUT2D eigenvalue weighted by Gasteiger charge is -2.20. The second-order valence-corrected chi connectivity index (χ2v) is 10.6. The van der Waals surface area contributed by atoms with Crippen molar-refractivity contribution < 1.29 is 4.79 Å². The van der Waals surface area contributed by atoms with Gasteiger partial charge in [0.1, 0.15) is 11.3 Å². The molecule has 3 N–H and O–H groups in total. The molecule has 5 heterocycles. The minimum Gasteiger partial charge on any atom is -0.338 e. The number of hydrogen-bond acceptors (Lipinski definition) is 5. The lowest BCUT2D eigenvalue weighted by molar-refractivity contribution is -0.117. The maximum Gasteiger partial charge on any atom is 0.224 e. The number of fused-ring (bicyclic) bond motifs is 2. The van der Waals surface area contributed by atoms with Gasteiger partial charge in [-0.1, -0.05) is 25.3 Å². The highest BCUT2D eigenvalue weighted by Crippen LogP contribution is 2.35. The predicted molar refractivity (Wildman–Crippen MR) is 157 cm³/mol. The van der Waals surface area contributed by atoms with E-state index < -0.39 is 0 Å². The molecule has 8 heteroatoms. The van der Waals surface area contributed by atoms with Gasteiger partial charge in [-0.25, -0.2) is 4.98 Å². The van der Waals surface area contributed by atoms with Crippen LogP contribution in [0.5, 0.6) is 0 Å². The van der Waals surface area contributed by atoms with E-state index in [2.05, 4.69) is 47.6 Å². The van der Waals surface area contributed by atoms with Gasteiger partial charge in [0.2, 0.25) is 5.91 Å². The van der Waals surface area contributed by atoms with Crippen LogP contribution in [0.3, 0.4) is 0 Å². The van der Waals surface area contributed by atoms with Crippen molar-refractivity contribution in [2.24, 2.45) is 5.92 Å². The summed E-state index contributed by atoms with van der Waals surface area (Å²) in [6.45, 7) is 0. The van der Waals surface area contributed by atoms with Gasteiger partial charge in [-0.15, -0.1) is 0 Å². The molecule has 0 bridgehead atoms. The number of amides is 1. The summed E-state index contributed by atoms with van der Waals surface area (Å²) in [7, 11) is 0. The third-order valence-electron chi connectivity index (χ3n) is 7.90. The SMILES string of the molecule is O=C(CC1CCCCC1)Nc1cncc(-c2ccc3[nH]nc(-c4cc5c(-c6ccncc6)ccnc5[nH]4)c3c2)c1. The van der Waals surface area contributed by atoms with Crippen LogP contribution in [0.1, 0.15) is 38.5 Å². The van der Waals surface area contributed by atoms with E-state index in [0.29, 0.717) is 12.3 Å². The first-order valence-corrected chi connectivity index (χ1v) is 13.8. The van der Waals surface area contributed by atoms with Crippen LogP contribution in [0.15, 0.2) is 79.5 Å². The van der Waals surface area contributed by atoms with Gasteiger partial charge < -0.3 is 10.3 Å². The molecule has 0 radical (unpaired) electrons. The molecule has 8 nitrogen and oxygen atoms in total. The molecule has 1 saturated carbocycles. The van der Waals surface area contributed by atoms with E-state index in [4.69, 9.17) is 0 Å². The molecule has 1 amide bonds. The van der Waals surface area contributed by atoms with Crippen molar-refractivity contribution in [3.63, 3.8) is 0 Å². The average molecular weight is 528 g/mol. The maximum absolute atomic E-state index is 12.7. The van der Waals surface area contributed by atoms with Crippen LogP contribution in [-0.2, 0) is 4.79 Å². The van der Waals surface area contributed by atoms with Crippen molar-refractivity contribution in [2.45, 2.75) is 38.5 Å². The molecule has 40 heavy (non-hydrogen) atoms. The lowest BCUT2D eigenvalue weighted by Crippen LogP contribution is -2.18. The summed E-state index contributed by atoms with van der Waals surface area (Å²) in [6, 6.07) is 16.3. The average Bonchev–Trinajstić information content (AvgIpc) is 3.62. The Morgan fingerprint density at radius 1 is 0.850 bits per heavy atom. The van der Waals surface area contributed by atoms with Gasteiger partial charge in [0.15, 0.2) is 0 Å². The van der Waals surface area contributed by atoms with Gasteiger partial charge in [-0.3, -0.25) is 19.9 Å². The summed E-state index contributed by atoms with van der Waals surface area (Å²) in [5.74, 6) is 0.560. The molecular formula is C32H29N7O. The van der Waals surface area contributed by atoms with Gasteiger partial charge in [0.05, 0.1) is 23.1 Å². The Morgan fingerprint density at radius 3 is 2.60 bits per heavy atom. The molecular weight excluding hydrogens is 498 g/mol. The van der Waals surface area contributed by atoms with Crippen molar-refractivity contribution in [1.29, 1.82) is 0 Å². The Kier molecular flexibility index (Phi) is 6.28. The van der Waals surface area contributed by atoms with Crippen LogP contribution in [0, 0.1) is 5.92 Å². The number of H-pyrrole nitrogens is 2. The molecule has 1 fully saturated rings. The Morgan fingerprint density at radius 2 is 1.73 bits per heavy atom. The summed E-state index contributed by atoms with van der Waals surface area (Å²) < 4.78 is 0. The second-order valence-electron chi connectivity index (χ2n) is 10.6. The third kappa shape index (κ3) is 4.73. The maximum atomic E-state index is 12.7. The van der Waals surface area contributed by atoms with Gasteiger partial charge in [0, 0.05) is 47.5 Å². The normalized spacial score (nSPS) is 14.1. The van der Waals surface area contributed by atoms with Crippen molar-refractivity contribution >= 4 is 33.5 Å². The summed E-state index contributed by atoms with van der Waals surface area (Å²) in [5.41, 5.74) is 8.26. The fourth-order valence-corrected chi connectivity index (χ4v) is 5.87.